The van der Waals surface area contributed by atoms with Gasteiger partial charge in [0.15, 0.2) is 5.11 Å². The first-order valence-corrected chi connectivity index (χ1v) is 5.50. The minimum atomic E-state index is -0.0643. The van der Waals surface area contributed by atoms with Crippen molar-refractivity contribution in [2.24, 2.45) is 0 Å². The van der Waals surface area contributed by atoms with Crippen LogP contribution in [0.3, 0.4) is 0 Å². The van der Waals surface area contributed by atoms with Crippen LogP contribution in [-0.4, -0.2) is 36.2 Å². The van der Waals surface area contributed by atoms with Crippen LogP contribution in [0, 0.1) is 0 Å². The maximum Gasteiger partial charge on any atom is 0.330 e. The number of anilines is 1. The van der Waals surface area contributed by atoms with Gasteiger partial charge < -0.3 is 5.32 Å². The SMILES string of the molecule is CNC(=S)N1CCN(c2ccccc2)C1=O. The Balaban J connectivity index is 2.17. The molecule has 0 unspecified atom stereocenters. The van der Waals surface area contributed by atoms with Crippen molar-refractivity contribution in [3.63, 3.8) is 0 Å². The maximum atomic E-state index is 12.0. The van der Waals surface area contributed by atoms with E-state index in [4.69, 9.17) is 12.2 Å². The topological polar surface area (TPSA) is 35.6 Å². The van der Waals surface area contributed by atoms with E-state index in [0.717, 1.165) is 5.69 Å². The Hall–Kier alpha value is -1.62. The Morgan fingerprint density at radius 1 is 1.31 bits per heavy atom. The average Bonchev–Trinajstić information content (AvgIpc) is 2.71. The van der Waals surface area contributed by atoms with Crippen LogP contribution in [0.25, 0.3) is 0 Å². The minimum Gasteiger partial charge on any atom is -0.365 e. The second-order valence-electron chi connectivity index (χ2n) is 3.48. The summed E-state index contributed by atoms with van der Waals surface area (Å²) in [7, 11) is 1.72. The molecule has 0 bridgehead atoms. The fourth-order valence-electron chi connectivity index (χ4n) is 1.71. The number of carbonyl (C=O) groups excluding carboxylic acids is 1. The van der Waals surface area contributed by atoms with E-state index in [2.05, 4.69) is 5.32 Å². The summed E-state index contributed by atoms with van der Waals surface area (Å²) in [5.41, 5.74) is 0.911. The van der Waals surface area contributed by atoms with Crippen molar-refractivity contribution in [3.8, 4) is 0 Å². The lowest BCUT2D eigenvalue weighted by Crippen LogP contribution is -2.41. The molecule has 0 saturated carbocycles. The zero-order chi connectivity index (χ0) is 11.5. The van der Waals surface area contributed by atoms with Crippen LogP contribution >= 0.6 is 12.2 Å². The van der Waals surface area contributed by atoms with Gasteiger partial charge in [-0.3, -0.25) is 9.80 Å². The summed E-state index contributed by atoms with van der Waals surface area (Å²) in [6.45, 7) is 1.30. The largest absolute Gasteiger partial charge is 0.365 e. The van der Waals surface area contributed by atoms with Gasteiger partial charge in [0.1, 0.15) is 0 Å². The first-order chi connectivity index (χ1) is 7.74. The van der Waals surface area contributed by atoms with Gasteiger partial charge in [0.05, 0.1) is 0 Å². The number of urea groups is 1. The molecule has 4 nitrogen and oxygen atoms in total. The molecule has 16 heavy (non-hydrogen) atoms. The van der Waals surface area contributed by atoms with E-state index in [1.807, 2.05) is 30.3 Å². The predicted molar refractivity (Wildman–Crippen MR) is 67.5 cm³/mol. The molecule has 2 amide bonds. The molecule has 1 saturated heterocycles. The summed E-state index contributed by atoms with van der Waals surface area (Å²) in [6, 6.07) is 9.54. The first-order valence-electron chi connectivity index (χ1n) is 5.10. The van der Waals surface area contributed by atoms with Gasteiger partial charge in [-0.05, 0) is 24.4 Å². The number of thiocarbonyl (C=S) groups is 1. The monoisotopic (exact) mass is 235 g/mol. The number of hydrogen-bond donors (Lipinski definition) is 1. The molecule has 1 aliphatic heterocycles. The minimum absolute atomic E-state index is 0.0643. The molecule has 0 spiro atoms. The summed E-state index contributed by atoms with van der Waals surface area (Å²) in [5, 5.41) is 3.29. The number of carbonyl (C=O) groups is 1. The molecular weight excluding hydrogens is 222 g/mol. The van der Waals surface area contributed by atoms with Crippen LogP contribution in [-0.2, 0) is 0 Å². The van der Waals surface area contributed by atoms with E-state index in [9.17, 15) is 4.79 Å². The molecule has 1 aromatic rings. The second-order valence-corrected chi connectivity index (χ2v) is 3.86. The lowest BCUT2D eigenvalue weighted by atomic mass is 10.3. The van der Waals surface area contributed by atoms with Crippen molar-refractivity contribution in [2.75, 3.05) is 25.0 Å². The Kier molecular flexibility index (Phi) is 3.05. The smallest absolute Gasteiger partial charge is 0.330 e. The highest BCUT2D eigenvalue weighted by atomic mass is 32.1. The van der Waals surface area contributed by atoms with E-state index in [-0.39, 0.29) is 6.03 Å². The van der Waals surface area contributed by atoms with Gasteiger partial charge in [0.2, 0.25) is 0 Å². The summed E-state index contributed by atoms with van der Waals surface area (Å²) in [4.78, 5) is 15.3. The fraction of sp³-hybridized carbons (Fsp3) is 0.273. The Bertz CT molecular complexity index is 407. The number of hydrogen-bond acceptors (Lipinski definition) is 2. The van der Waals surface area contributed by atoms with Crippen LogP contribution in [0.1, 0.15) is 0 Å². The van der Waals surface area contributed by atoms with Crippen LogP contribution in [0.5, 0.6) is 0 Å². The van der Waals surface area contributed by atoms with E-state index < -0.39 is 0 Å². The molecule has 1 heterocycles. The molecule has 1 fully saturated rings. The number of amides is 2. The number of nitrogens with one attached hydrogen (secondary N) is 1. The third-order valence-electron chi connectivity index (χ3n) is 2.54. The van der Waals surface area contributed by atoms with E-state index >= 15 is 0 Å². The van der Waals surface area contributed by atoms with Crippen molar-refractivity contribution in [3.05, 3.63) is 30.3 Å². The van der Waals surface area contributed by atoms with Crippen molar-refractivity contribution in [2.45, 2.75) is 0 Å². The molecule has 5 heteroatoms. The van der Waals surface area contributed by atoms with Crippen molar-refractivity contribution in [1.29, 1.82) is 0 Å². The van der Waals surface area contributed by atoms with Gasteiger partial charge in [-0.2, -0.15) is 0 Å². The number of rotatable bonds is 1. The summed E-state index contributed by atoms with van der Waals surface area (Å²) in [5.74, 6) is 0. The highest BCUT2D eigenvalue weighted by Gasteiger charge is 2.31. The number of benzene rings is 1. The lowest BCUT2D eigenvalue weighted by Gasteiger charge is -2.18. The van der Waals surface area contributed by atoms with Crippen LogP contribution in [0.15, 0.2) is 30.3 Å². The van der Waals surface area contributed by atoms with Gasteiger partial charge in [-0.15, -0.1) is 0 Å². The summed E-state index contributed by atoms with van der Waals surface area (Å²) >= 11 is 5.06. The molecule has 1 aromatic carbocycles. The maximum absolute atomic E-state index is 12.0. The van der Waals surface area contributed by atoms with Crippen molar-refractivity contribution >= 4 is 29.0 Å². The molecule has 2 rings (SSSR count). The molecule has 84 valence electrons. The molecule has 0 aromatic heterocycles. The van der Waals surface area contributed by atoms with Gasteiger partial charge in [-0.25, -0.2) is 4.79 Å². The normalized spacial score (nSPS) is 15.4. The third kappa shape index (κ3) is 1.86. The molecule has 0 atom stereocenters. The Labute approximate surface area is 99.8 Å². The molecule has 1 aliphatic rings. The molecule has 0 aliphatic carbocycles. The van der Waals surface area contributed by atoms with E-state index in [0.29, 0.717) is 18.2 Å². The second kappa shape index (κ2) is 4.49. The van der Waals surface area contributed by atoms with Crippen LogP contribution in [0.4, 0.5) is 10.5 Å². The van der Waals surface area contributed by atoms with Crippen molar-refractivity contribution < 1.29 is 4.79 Å². The quantitative estimate of drug-likeness (QED) is 0.748. The molecule has 0 radical (unpaired) electrons. The number of nitrogens with zero attached hydrogens (tertiary/aromatic N) is 2. The zero-order valence-corrected chi connectivity index (χ0v) is 9.83. The highest BCUT2D eigenvalue weighted by molar-refractivity contribution is 7.80. The average molecular weight is 235 g/mol. The summed E-state index contributed by atoms with van der Waals surface area (Å²) < 4.78 is 0. The van der Waals surface area contributed by atoms with E-state index in [1.165, 1.54) is 0 Å². The van der Waals surface area contributed by atoms with Crippen LogP contribution < -0.4 is 10.2 Å². The first kappa shape index (κ1) is 10.9. The highest BCUT2D eigenvalue weighted by Crippen LogP contribution is 2.19. The predicted octanol–water partition coefficient (Wildman–Crippen LogP) is 1.43. The van der Waals surface area contributed by atoms with Gasteiger partial charge in [-0.1, -0.05) is 18.2 Å². The Morgan fingerprint density at radius 2 is 2.00 bits per heavy atom. The van der Waals surface area contributed by atoms with Crippen molar-refractivity contribution in [1.82, 2.24) is 10.2 Å². The fourth-order valence-corrected chi connectivity index (χ4v) is 1.88. The number of para-hydroxylation sites is 1. The van der Waals surface area contributed by atoms with Crippen LogP contribution in [0.2, 0.25) is 0 Å². The van der Waals surface area contributed by atoms with Gasteiger partial charge >= 0.3 is 6.03 Å². The van der Waals surface area contributed by atoms with E-state index in [1.54, 1.807) is 16.8 Å². The Morgan fingerprint density at radius 3 is 2.62 bits per heavy atom. The molecular formula is C11H13N3OS. The lowest BCUT2D eigenvalue weighted by molar-refractivity contribution is 0.237. The molecule has 1 N–H and O–H groups in total. The zero-order valence-electron chi connectivity index (χ0n) is 9.01. The standard InChI is InChI=1S/C11H13N3OS/c1-12-10(16)14-8-7-13(11(14)15)9-5-3-2-4-6-9/h2-6H,7-8H2,1H3,(H,12,16). The van der Waals surface area contributed by atoms with Gasteiger partial charge in [0.25, 0.3) is 0 Å². The van der Waals surface area contributed by atoms with Gasteiger partial charge in [0, 0.05) is 25.8 Å². The third-order valence-corrected chi connectivity index (χ3v) is 2.96. The summed E-state index contributed by atoms with van der Waals surface area (Å²) in [6.07, 6.45) is 0.